The Labute approximate surface area is 158 Å². The van der Waals surface area contributed by atoms with Crippen LogP contribution in [0.4, 0.5) is 16.2 Å². The monoisotopic (exact) mass is 372 g/mol. The Morgan fingerprint density at radius 3 is 2.07 bits per heavy atom. The van der Waals surface area contributed by atoms with E-state index in [1.165, 1.54) is 7.11 Å². The van der Waals surface area contributed by atoms with E-state index in [4.69, 9.17) is 9.47 Å². The SMILES string of the molecule is CCOc1ccccc1OCCCC(=O)Nc1ccc(NC(=O)OC)cc1. The van der Waals surface area contributed by atoms with E-state index >= 15 is 0 Å². The normalized spacial score (nSPS) is 10.0. The fourth-order valence-corrected chi connectivity index (χ4v) is 2.29. The van der Waals surface area contributed by atoms with Gasteiger partial charge in [0.25, 0.3) is 0 Å². The average Bonchev–Trinajstić information content (AvgIpc) is 2.68. The van der Waals surface area contributed by atoms with Gasteiger partial charge >= 0.3 is 6.09 Å². The molecule has 0 aliphatic carbocycles. The van der Waals surface area contributed by atoms with E-state index in [0.29, 0.717) is 48.9 Å². The molecule has 144 valence electrons. The minimum atomic E-state index is -0.544. The Morgan fingerprint density at radius 1 is 0.889 bits per heavy atom. The lowest BCUT2D eigenvalue weighted by Crippen LogP contribution is -2.13. The highest BCUT2D eigenvalue weighted by Gasteiger charge is 2.06. The third-order valence-electron chi connectivity index (χ3n) is 3.56. The zero-order chi connectivity index (χ0) is 19.5. The van der Waals surface area contributed by atoms with Crippen LogP contribution in [-0.4, -0.2) is 32.3 Å². The van der Waals surface area contributed by atoms with Gasteiger partial charge in [0.15, 0.2) is 11.5 Å². The summed E-state index contributed by atoms with van der Waals surface area (Å²) in [6.07, 6.45) is 0.366. The van der Waals surface area contributed by atoms with Gasteiger partial charge in [0.1, 0.15) is 0 Å². The number of benzene rings is 2. The molecule has 0 spiro atoms. The van der Waals surface area contributed by atoms with Crippen LogP contribution in [0, 0.1) is 0 Å². The van der Waals surface area contributed by atoms with E-state index in [1.54, 1.807) is 24.3 Å². The number of para-hydroxylation sites is 2. The maximum Gasteiger partial charge on any atom is 0.411 e. The number of ether oxygens (including phenoxy) is 3. The van der Waals surface area contributed by atoms with Crippen LogP contribution in [0.5, 0.6) is 11.5 Å². The summed E-state index contributed by atoms with van der Waals surface area (Å²) in [5.74, 6) is 1.27. The molecule has 2 N–H and O–H groups in total. The molecule has 0 fully saturated rings. The summed E-state index contributed by atoms with van der Waals surface area (Å²) in [6.45, 7) is 2.90. The third kappa shape index (κ3) is 6.89. The van der Waals surface area contributed by atoms with Crippen molar-refractivity contribution in [1.82, 2.24) is 0 Å². The largest absolute Gasteiger partial charge is 0.490 e. The van der Waals surface area contributed by atoms with Crippen molar-refractivity contribution in [3.63, 3.8) is 0 Å². The third-order valence-corrected chi connectivity index (χ3v) is 3.56. The highest BCUT2D eigenvalue weighted by Crippen LogP contribution is 2.26. The van der Waals surface area contributed by atoms with Crippen molar-refractivity contribution in [3.05, 3.63) is 48.5 Å². The number of carbonyl (C=O) groups excluding carboxylic acids is 2. The van der Waals surface area contributed by atoms with Crippen molar-refractivity contribution in [1.29, 1.82) is 0 Å². The molecule has 0 aliphatic heterocycles. The first-order valence-electron chi connectivity index (χ1n) is 8.72. The Hall–Kier alpha value is -3.22. The number of rotatable bonds is 9. The van der Waals surface area contributed by atoms with Crippen LogP contribution >= 0.6 is 0 Å². The number of hydrogen-bond donors (Lipinski definition) is 2. The quantitative estimate of drug-likeness (QED) is 0.648. The van der Waals surface area contributed by atoms with Gasteiger partial charge in [0.2, 0.25) is 5.91 Å². The Bertz CT molecular complexity index is 746. The number of anilines is 2. The predicted molar refractivity (Wildman–Crippen MR) is 103 cm³/mol. The summed E-state index contributed by atoms with van der Waals surface area (Å²) in [4.78, 5) is 23.1. The molecule has 0 saturated carbocycles. The van der Waals surface area contributed by atoms with Gasteiger partial charge in [-0.25, -0.2) is 4.79 Å². The molecule has 2 aromatic rings. The molecule has 2 aromatic carbocycles. The minimum absolute atomic E-state index is 0.106. The van der Waals surface area contributed by atoms with Crippen LogP contribution in [0.2, 0.25) is 0 Å². The maximum atomic E-state index is 12.0. The predicted octanol–water partition coefficient (Wildman–Crippen LogP) is 4.06. The van der Waals surface area contributed by atoms with E-state index < -0.39 is 6.09 Å². The summed E-state index contributed by atoms with van der Waals surface area (Å²) in [5.41, 5.74) is 1.24. The van der Waals surface area contributed by atoms with Crippen molar-refractivity contribution in [2.45, 2.75) is 19.8 Å². The lowest BCUT2D eigenvalue weighted by Gasteiger charge is -2.11. The molecular formula is C20H24N2O5. The highest BCUT2D eigenvalue weighted by atomic mass is 16.5. The second kappa shape index (κ2) is 10.7. The second-order valence-corrected chi connectivity index (χ2v) is 5.57. The van der Waals surface area contributed by atoms with Gasteiger partial charge in [-0.3, -0.25) is 10.1 Å². The van der Waals surface area contributed by atoms with Crippen molar-refractivity contribution < 1.29 is 23.8 Å². The van der Waals surface area contributed by atoms with Gasteiger partial charge in [0, 0.05) is 17.8 Å². The molecule has 0 heterocycles. The molecule has 0 atom stereocenters. The fraction of sp³-hybridized carbons (Fsp3) is 0.300. The first-order valence-corrected chi connectivity index (χ1v) is 8.72. The van der Waals surface area contributed by atoms with E-state index in [-0.39, 0.29) is 5.91 Å². The molecule has 0 aromatic heterocycles. The zero-order valence-electron chi connectivity index (χ0n) is 15.5. The lowest BCUT2D eigenvalue weighted by atomic mass is 10.2. The first kappa shape index (κ1) is 20.1. The summed E-state index contributed by atoms with van der Waals surface area (Å²) in [7, 11) is 1.29. The molecule has 2 rings (SSSR count). The first-order chi connectivity index (χ1) is 13.1. The molecule has 0 bridgehead atoms. The molecule has 0 unspecified atom stereocenters. The Balaban J connectivity index is 1.73. The molecule has 0 saturated heterocycles. The van der Waals surface area contributed by atoms with E-state index in [0.717, 1.165) is 0 Å². The number of amides is 2. The zero-order valence-corrected chi connectivity index (χ0v) is 15.5. The van der Waals surface area contributed by atoms with Gasteiger partial charge in [-0.2, -0.15) is 0 Å². The van der Waals surface area contributed by atoms with Crippen LogP contribution in [0.15, 0.2) is 48.5 Å². The molecule has 0 aliphatic rings. The van der Waals surface area contributed by atoms with Gasteiger partial charge < -0.3 is 19.5 Å². The number of methoxy groups -OCH3 is 1. The van der Waals surface area contributed by atoms with Gasteiger partial charge in [-0.1, -0.05) is 12.1 Å². The molecule has 2 amide bonds. The van der Waals surface area contributed by atoms with Crippen LogP contribution in [-0.2, 0) is 9.53 Å². The summed E-state index contributed by atoms with van der Waals surface area (Å²) >= 11 is 0. The standard InChI is InChI=1S/C20H24N2O5/c1-3-26-17-7-4-5-8-18(17)27-14-6-9-19(23)21-15-10-12-16(13-11-15)22-20(24)25-2/h4-5,7-8,10-13H,3,6,9,14H2,1-2H3,(H,21,23)(H,22,24). The maximum absolute atomic E-state index is 12.0. The molecule has 27 heavy (non-hydrogen) atoms. The van der Waals surface area contributed by atoms with Gasteiger partial charge in [-0.15, -0.1) is 0 Å². The van der Waals surface area contributed by atoms with Crippen molar-refractivity contribution in [2.75, 3.05) is 31.0 Å². The van der Waals surface area contributed by atoms with Crippen LogP contribution in [0.1, 0.15) is 19.8 Å². The summed E-state index contributed by atoms with van der Waals surface area (Å²) in [5, 5.41) is 5.35. The van der Waals surface area contributed by atoms with Crippen LogP contribution < -0.4 is 20.1 Å². The molecular weight excluding hydrogens is 348 g/mol. The topological polar surface area (TPSA) is 85.9 Å². The van der Waals surface area contributed by atoms with Gasteiger partial charge in [-0.05, 0) is 49.7 Å². The van der Waals surface area contributed by atoms with Crippen molar-refractivity contribution >= 4 is 23.4 Å². The van der Waals surface area contributed by atoms with Crippen molar-refractivity contribution in [3.8, 4) is 11.5 Å². The number of hydrogen-bond acceptors (Lipinski definition) is 5. The van der Waals surface area contributed by atoms with Gasteiger partial charge in [0.05, 0.1) is 20.3 Å². The van der Waals surface area contributed by atoms with Crippen LogP contribution in [0.3, 0.4) is 0 Å². The van der Waals surface area contributed by atoms with Crippen molar-refractivity contribution in [2.24, 2.45) is 0 Å². The van der Waals surface area contributed by atoms with E-state index in [2.05, 4.69) is 15.4 Å². The Kier molecular flexibility index (Phi) is 7.96. The fourth-order valence-electron chi connectivity index (χ4n) is 2.29. The van der Waals surface area contributed by atoms with E-state index in [9.17, 15) is 9.59 Å². The summed E-state index contributed by atoms with van der Waals surface area (Å²) < 4.78 is 15.7. The number of carbonyl (C=O) groups is 2. The highest BCUT2D eigenvalue weighted by molar-refractivity contribution is 5.91. The Morgan fingerprint density at radius 2 is 1.48 bits per heavy atom. The number of nitrogens with one attached hydrogen (secondary N) is 2. The van der Waals surface area contributed by atoms with E-state index in [1.807, 2.05) is 31.2 Å². The average molecular weight is 372 g/mol. The summed E-state index contributed by atoms with van der Waals surface area (Å²) in [6, 6.07) is 14.2. The molecule has 7 heteroatoms. The lowest BCUT2D eigenvalue weighted by molar-refractivity contribution is -0.116. The second-order valence-electron chi connectivity index (χ2n) is 5.57. The molecule has 7 nitrogen and oxygen atoms in total. The smallest absolute Gasteiger partial charge is 0.411 e. The molecule has 0 radical (unpaired) electrons. The van der Waals surface area contributed by atoms with Crippen LogP contribution in [0.25, 0.3) is 0 Å². The minimum Gasteiger partial charge on any atom is -0.490 e.